The lowest BCUT2D eigenvalue weighted by molar-refractivity contribution is -0.143. The predicted octanol–water partition coefficient (Wildman–Crippen LogP) is -0.632. The smallest absolute Gasteiger partial charge is 0.317 e. The number of nitrogens with one attached hydrogen (secondary N) is 1. The van der Waals surface area contributed by atoms with Gasteiger partial charge in [-0.05, 0) is 12.8 Å². The van der Waals surface area contributed by atoms with Gasteiger partial charge < -0.3 is 21.1 Å². The van der Waals surface area contributed by atoms with Crippen molar-refractivity contribution in [2.45, 2.75) is 19.3 Å². The number of carbonyl (C=O) groups is 3. The first-order valence-corrected chi connectivity index (χ1v) is 5.54. The molecule has 0 aliphatic carbocycles. The van der Waals surface area contributed by atoms with Crippen molar-refractivity contribution < 1.29 is 19.5 Å². The molecule has 3 amide bonds. The third kappa shape index (κ3) is 4.29. The average Bonchev–Trinajstić information content (AvgIpc) is 2.28. The number of carboxylic acids is 1. The zero-order valence-corrected chi connectivity index (χ0v) is 9.52. The van der Waals surface area contributed by atoms with Crippen LogP contribution < -0.4 is 11.1 Å². The second-order valence-electron chi connectivity index (χ2n) is 4.07. The number of likely N-dealkylation sites (tertiary alicyclic amines) is 1. The second kappa shape index (κ2) is 6.07. The molecule has 1 saturated heterocycles. The molecule has 1 aliphatic rings. The molecule has 1 rings (SSSR count). The highest BCUT2D eigenvalue weighted by atomic mass is 16.4. The highest BCUT2D eigenvalue weighted by Crippen LogP contribution is 2.16. The molecule has 96 valence electrons. The summed E-state index contributed by atoms with van der Waals surface area (Å²) in [6.07, 6.45) is 1.36. The van der Waals surface area contributed by atoms with Gasteiger partial charge in [-0.3, -0.25) is 9.59 Å². The normalized spacial score (nSPS) is 19.8. The SMILES string of the molecule is NC(=O)CCNC(=O)N1CCCC(C(=O)O)C1. The highest BCUT2D eigenvalue weighted by Gasteiger charge is 2.27. The van der Waals surface area contributed by atoms with E-state index in [1.807, 2.05) is 0 Å². The van der Waals surface area contributed by atoms with Crippen LogP contribution in [0.2, 0.25) is 0 Å². The molecule has 0 saturated carbocycles. The van der Waals surface area contributed by atoms with Gasteiger partial charge in [0.15, 0.2) is 0 Å². The fourth-order valence-corrected chi connectivity index (χ4v) is 1.77. The lowest BCUT2D eigenvalue weighted by atomic mass is 9.99. The number of nitrogens with zero attached hydrogens (tertiary/aromatic N) is 1. The topological polar surface area (TPSA) is 113 Å². The maximum atomic E-state index is 11.6. The van der Waals surface area contributed by atoms with Gasteiger partial charge in [-0.15, -0.1) is 0 Å². The molecule has 4 N–H and O–H groups in total. The molecule has 1 aliphatic heterocycles. The number of primary amides is 1. The molecule has 17 heavy (non-hydrogen) atoms. The zero-order valence-electron chi connectivity index (χ0n) is 9.52. The number of hydrogen-bond acceptors (Lipinski definition) is 3. The molecule has 0 bridgehead atoms. The molecular weight excluding hydrogens is 226 g/mol. The fraction of sp³-hybridized carbons (Fsp3) is 0.700. The van der Waals surface area contributed by atoms with Crippen LogP contribution in [0.5, 0.6) is 0 Å². The first kappa shape index (κ1) is 13.3. The number of piperidine rings is 1. The predicted molar refractivity (Wildman–Crippen MR) is 59.1 cm³/mol. The van der Waals surface area contributed by atoms with E-state index in [0.29, 0.717) is 19.4 Å². The van der Waals surface area contributed by atoms with Gasteiger partial charge in [0.05, 0.1) is 5.92 Å². The third-order valence-electron chi connectivity index (χ3n) is 2.71. The van der Waals surface area contributed by atoms with Crippen molar-refractivity contribution in [2.24, 2.45) is 11.7 Å². The molecule has 1 fully saturated rings. The molecule has 0 aromatic carbocycles. The van der Waals surface area contributed by atoms with Gasteiger partial charge in [0, 0.05) is 26.1 Å². The number of amides is 3. The third-order valence-corrected chi connectivity index (χ3v) is 2.71. The number of carboxylic acid groups (broad SMARTS) is 1. The molecule has 1 heterocycles. The number of hydrogen-bond donors (Lipinski definition) is 3. The van der Waals surface area contributed by atoms with Crippen molar-refractivity contribution in [1.29, 1.82) is 0 Å². The van der Waals surface area contributed by atoms with Crippen LogP contribution in [0.25, 0.3) is 0 Å². The van der Waals surface area contributed by atoms with Crippen molar-refractivity contribution in [1.82, 2.24) is 10.2 Å². The molecule has 0 aromatic rings. The van der Waals surface area contributed by atoms with Crippen molar-refractivity contribution in [3.8, 4) is 0 Å². The van der Waals surface area contributed by atoms with Gasteiger partial charge in [0.25, 0.3) is 0 Å². The standard InChI is InChI=1S/C10H17N3O4/c11-8(14)3-4-12-10(17)13-5-1-2-7(6-13)9(15)16/h7H,1-6H2,(H2,11,14)(H,12,17)(H,15,16). The summed E-state index contributed by atoms with van der Waals surface area (Å²) in [5, 5.41) is 11.4. The summed E-state index contributed by atoms with van der Waals surface area (Å²) in [6.45, 7) is 0.951. The Morgan fingerprint density at radius 3 is 2.71 bits per heavy atom. The van der Waals surface area contributed by atoms with E-state index in [1.54, 1.807) is 0 Å². The summed E-state index contributed by atoms with van der Waals surface area (Å²) in [4.78, 5) is 34.4. The zero-order chi connectivity index (χ0) is 12.8. The van der Waals surface area contributed by atoms with Crippen molar-refractivity contribution in [2.75, 3.05) is 19.6 Å². The molecule has 0 aromatic heterocycles. The Morgan fingerprint density at radius 2 is 2.12 bits per heavy atom. The van der Waals surface area contributed by atoms with Gasteiger partial charge in [-0.25, -0.2) is 4.79 Å². The van der Waals surface area contributed by atoms with E-state index in [0.717, 1.165) is 0 Å². The Hall–Kier alpha value is -1.79. The van der Waals surface area contributed by atoms with Crippen LogP contribution in [0, 0.1) is 5.92 Å². The number of urea groups is 1. The lowest BCUT2D eigenvalue weighted by Crippen LogP contribution is -2.47. The Labute approximate surface area is 98.9 Å². The highest BCUT2D eigenvalue weighted by molar-refractivity contribution is 5.78. The van der Waals surface area contributed by atoms with Crippen molar-refractivity contribution >= 4 is 17.9 Å². The molecule has 1 unspecified atom stereocenters. The minimum absolute atomic E-state index is 0.0853. The molecule has 1 atom stereocenters. The summed E-state index contributed by atoms with van der Waals surface area (Å²) >= 11 is 0. The van der Waals surface area contributed by atoms with Crippen LogP contribution in [0.3, 0.4) is 0 Å². The number of nitrogens with two attached hydrogens (primary N) is 1. The summed E-state index contributed by atoms with van der Waals surface area (Å²) < 4.78 is 0. The minimum Gasteiger partial charge on any atom is -0.481 e. The van der Waals surface area contributed by atoms with Crippen molar-refractivity contribution in [3.63, 3.8) is 0 Å². The Bertz CT molecular complexity index is 319. The van der Waals surface area contributed by atoms with Crippen molar-refractivity contribution in [3.05, 3.63) is 0 Å². The van der Waals surface area contributed by atoms with Crippen LogP contribution >= 0.6 is 0 Å². The first-order valence-electron chi connectivity index (χ1n) is 5.54. The largest absolute Gasteiger partial charge is 0.481 e. The maximum absolute atomic E-state index is 11.6. The second-order valence-corrected chi connectivity index (χ2v) is 4.07. The quantitative estimate of drug-likeness (QED) is 0.610. The van der Waals surface area contributed by atoms with E-state index >= 15 is 0 Å². The molecule has 0 spiro atoms. The van der Waals surface area contributed by atoms with Gasteiger partial charge in [0.2, 0.25) is 5.91 Å². The first-order chi connectivity index (χ1) is 8.00. The fourth-order valence-electron chi connectivity index (χ4n) is 1.77. The number of aliphatic carboxylic acids is 1. The Kier molecular flexibility index (Phi) is 4.74. The van der Waals surface area contributed by atoms with Crippen LogP contribution in [0.15, 0.2) is 0 Å². The Morgan fingerprint density at radius 1 is 1.41 bits per heavy atom. The van der Waals surface area contributed by atoms with E-state index in [1.165, 1.54) is 4.90 Å². The van der Waals surface area contributed by atoms with Crippen LogP contribution in [-0.4, -0.2) is 47.5 Å². The van der Waals surface area contributed by atoms with Gasteiger partial charge in [0.1, 0.15) is 0 Å². The Balaban J connectivity index is 2.35. The maximum Gasteiger partial charge on any atom is 0.317 e. The average molecular weight is 243 g/mol. The van der Waals surface area contributed by atoms with Crippen LogP contribution in [-0.2, 0) is 9.59 Å². The monoisotopic (exact) mass is 243 g/mol. The summed E-state index contributed by atoms with van der Waals surface area (Å²) in [5.74, 6) is -1.85. The number of rotatable bonds is 4. The van der Waals surface area contributed by atoms with Crippen LogP contribution in [0.1, 0.15) is 19.3 Å². The van der Waals surface area contributed by atoms with Gasteiger partial charge in [-0.1, -0.05) is 0 Å². The van der Waals surface area contributed by atoms with E-state index in [4.69, 9.17) is 10.8 Å². The molecule has 7 nitrogen and oxygen atoms in total. The summed E-state index contributed by atoms with van der Waals surface area (Å²) in [7, 11) is 0. The van der Waals surface area contributed by atoms with Gasteiger partial charge >= 0.3 is 12.0 Å². The molecular formula is C10H17N3O4. The van der Waals surface area contributed by atoms with E-state index in [-0.39, 0.29) is 25.5 Å². The van der Waals surface area contributed by atoms with Gasteiger partial charge in [-0.2, -0.15) is 0 Å². The lowest BCUT2D eigenvalue weighted by Gasteiger charge is -2.30. The summed E-state index contributed by atoms with van der Waals surface area (Å²) in [6, 6.07) is -0.336. The van der Waals surface area contributed by atoms with Crippen LogP contribution in [0.4, 0.5) is 4.79 Å². The molecule has 7 heteroatoms. The summed E-state index contributed by atoms with van der Waals surface area (Å²) in [5.41, 5.74) is 4.94. The molecule has 0 radical (unpaired) electrons. The van der Waals surface area contributed by atoms with E-state index in [2.05, 4.69) is 5.32 Å². The minimum atomic E-state index is -0.875. The van der Waals surface area contributed by atoms with E-state index < -0.39 is 17.8 Å². The number of carbonyl (C=O) groups excluding carboxylic acids is 2. The van der Waals surface area contributed by atoms with E-state index in [9.17, 15) is 14.4 Å².